The highest BCUT2D eigenvalue weighted by Gasteiger charge is 2.21. The second-order valence-corrected chi connectivity index (χ2v) is 6.38. The molecular formula is C19H27N3O4. The summed E-state index contributed by atoms with van der Waals surface area (Å²) in [4.78, 5) is 40.1. The van der Waals surface area contributed by atoms with Crippen LogP contribution in [0.2, 0.25) is 0 Å². The van der Waals surface area contributed by atoms with Gasteiger partial charge in [-0.15, -0.1) is 0 Å². The molecule has 0 radical (unpaired) electrons. The van der Waals surface area contributed by atoms with E-state index < -0.39 is 0 Å². The molecule has 0 bridgehead atoms. The Morgan fingerprint density at radius 1 is 1.19 bits per heavy atom. The van der Waals surface area contributed by atoms with Crippen LogP contribution in [0.3, 0.4) is 0 Å². The van der Waals surface area contributed by atoms with Gasteiger partial charge in [-0.2, -0.15) is 0 Å². The molecule has 1 aliphatic heterocycles. The molecule has 0 aliphatic carbocycles. The summed E-state index contributed by atoms with van der Waals surface area (Å²) in [6, 6.07) is 7.76. The lowest BCUT2D eigenvalue weighted by Gasteiger charge is -2.33. The summed E-state index contributed by atoms with van der Waals surface area (Å²) >= 11 is 0. The van der Waals surface area contributed by atoms with Crippen molar-refractivity contribution in [2.24, 2.45) is 0 Å². The summed E-state index contributed by atoms with van der Waals surface area (Å²) in [5.41, 5.74) is 1.09. The van der Waals surface area contributed by atoms with Gasteiger partial charge in [0.15, 0.2) is 0 Å². The predicted molar refractivity (Wildman–Crippen MR) is 97.8 cm³/mol. The van der Waals surface area contributed by atoms with Crippen LogP contribution in [0.15, 0.2) is 24.3 Å². The zero-order chi connectivity index (χ0) is 18.9. The van der Waals surface area contributed by atoms with Crippen LogP contribution in [0.25, 0.3) is 0 Å². The van der Waals surface area contributed by atoms with E-state index in [-0.39, 0.29) is 11.8 Å². The Morgan fingerprint density at radius 2 is 1.92 bits per heavy atom. The number of amides is 3. The molecule has 0 spiro atoms. The minimum absolute atomic E-state index is 0.0307. The fraction of sp³-hybridized carbons (Fsp3) is 0.526. The first kappa shape index (κ1) is 19.8. The molecular weight excluding hydrogens is 334 g/mol. The maximum Gasteiger partial charge on any atom is 0.224 e. The highest BCUT2D eigenvalue weighted by atomic mass is 16.5. The molecule has 0 atom stereocenters. The average molecular weight is 361 g/mol. The quantitative estimate of drug-likeness (QED) is 0.642. The summed E-state index contributed by atoms with van der Waals surface area (Å²) < 4.78 is 5.21. The van der Waals surface area contributed by atoms with Crippen LogP contribution in [0.5, 0.6) is 5.75 Å². The van der Waals surface area contributed by atoms with Gasteiger partial charge in [-0.25, -0.2) is 0 Å². The zero-order valence-corrected chi connectivity index (χ0v) is 15.5. The highest BCUT2D eigenvalue weighted by molar-refractivity contribution is 5.78. The summed E-state index contributed by atoms with van der Waals surface area (Å²) in [5.74, 6) is 0.788. The lowest BCUT2D eigenvalue weighted by molar-refractivity contribution is -0.136. The van der Waals surface area contributed by atoms with Crippen molar-refractivity contribution in [3.63, 3.8) is 0 Å². The molecule has 1 aromatic carbocycles. The first-order valence-electron chi connectivity index (χ1n) is 8.89. The number of nitrogens with zero attached hydrogens (tertiary/aromatic N) is 3. The number of hydrogen-bond acceptors (Lipinski definition) is 4. The molecule has 0 aromatic heterocycles. The van der Waals surface area contributed by atoms with E-state index in [9.17, 15) is 14.4 Å². The standard InChI is InChI=1S/C19H27N3O4/c1-16(24)21(8-6-17-4-3-5-18(14-17)26-2)9-7-19(25)22-12-10-20(15-23)11-13-22/h3-5,14-15H,6-13H2,1-2H3. The molecule has 1 fully saturated rings. The molecule has 2 rings (SSSR count). The fourth-order valence-corrected chi connectivity index (χ4v) is 2.98. The number of hydrogen-bond donors (Lipinski definition) is 0. The Balaban J connectivity index is 1.81. The summed E-state index contributed by atoms with van der Waals surface area (Å²) in [6.45, 7) is 4.76. The van der Waals surface area contributed by atoms with Gasteiger partial charge in [-0.05, 0) is 24.1 Å². The second-order valence-electron chi connectivity index (χ2n) is 6.38. The van der Waals surface area contributed by atoms with Crippen molar-refractivity contribution in [2.75, 3.05) is 46.4 Å². The largest absolute Gasteiger partial charge is 0.497 e. The van der Waals surface area contributed by atoms with Crippen LogP contribution in [-0.2, 0) is 20.8 Å². The van der Waals surface area contributed by atoms with E-state index in [0.29, 0.717) is 52.1 Å². The Hall–Kier alpha value is -2.57. The monoisotopic (exact) mass is 361 g/mol. The number of benzene rings is 1. The van der Waals surface area contributed by atoms with Gasteiger partial charge in [0, 0.05) is 52.6 Å². The minimum Gasteiger partial charge on any atom is -0.497 e. The van der Waals surface area contributed by atoms with Crippen molar-refractivity contribution in [3.8, 4) is 5.75 Å². The molecule has 0 N–H and O–H groups in total. The Morgan fingerprint density at radius 3 is 2.54 bits per heavy atom. The predicted octanol–water partition coefficient (Wildman–Crippen LogP) is 0.777. The van der Waals surface area contributed by atoms with Gasteiger partial charge in [-0.3, -0.25) is 14.4 Å². The van der Waals surface area contributed by atoms with Crippen molar-refractivity contribution in [3.05, 3.63) is 29.8 Å². The highest BCUT2D eigenvalue weighted by Crippen LogP contribution is 2.13. The van der Waals surface area contributed by atoms with Crippen molar-refractivity contribution >= 4 is 18.2 Å². The maximum absolute atomic E-state index is 12.3. The van der Waals surface area contributed by atoms with Gasteiger partial charge in [-0.1, -0.05) is 12.1 Å². The molecule has 1 aromatic rings. The SMILES string of the molecule is COc1cccc(CCN(CCC(=O)N2CCN(C=O)CC2)C(C)=O)c1. The zero-order valence-electron chi connectivity index (χ0n) is 15.5. The number of carbonyl (C=O) groups is 3. The number of ether oxygens (including phenoxy) is 1. The number of piperazine rings is 1. The van der Waals surface area contributed by atoms with E-state index in [4.69, 9.17) is 4.74 Å². The molecule has 1 aliphatic rings. The lowest BCUT2D eigenvalue weighted by atomic mass is 10.1. The third-order valence-electron chi connectivity index (χ3n) is 4.66. The smallest absolute Gasteiger partial charge is 0.224 e. The number of rotatable bonds is 8. The Kier molecular flexibility index (Phi) is 7.44. The molecule has 7 nitrogen and oxygen atoms in total. The van der Waals surface area contributed by atoms with Crippen LogP contribution in [0.1, 0.15) is 18.9 Å². The van der Waals surface area contributed by atoms with Gasteiger partial charge in [0.25, 0.3) is 0 Å². The van der Waals surface area contributed by atoms with Gasteiger partial charge < -0.3 is 19.4 Å². The van der Waals surface area contributed by atoms with E-state index in [0.717, 1.165) is 17.7 Å². The Bertz CT molecular complexity index is 627. The summed E-state index contributed by atoms with van der Waals surface area (Å²) in [7, 11) is 1.63. The van der Waals surface area contributed by atoms with Crippen molar-refractivity contribution in [1.29, 1.82) is 0 Å². The van der Waals surface area contributed by atoms with E-state index in [1.165, 1.54) is 6.92 Å². The molecule has 1 heterocycles. The minimum atomic E-state index is -0.0357. The topological polar surface area (TPSA) is 70.2 Å². The number of carbonyl (C=O) groups excluding carboxylic acids is 3. The van der Waals surface area contributed by atoms with Crippen molar-refractivity contribution in [1.82, 2.24) is 14.7 Å². The van der Waals surface area contributed by atoms with E-state index in [1.807, 2.05) is 24.3 Å². The third-order valence-corrected chi connectivity index (χ3v) is 4.66. The number of methoxy groups -OCH3 is 1. The molecule has 0 unspecified atom stereocenters. The molecule has 3 amide bonds. The van der Waals surface area contributed by atoms with Crippen LogP contribution in [-0.4, -0.2) is 79.3 Å². The van der Waals surface area contributed by atoms with E-state index in [1.54, 1.807) is 21.8 Å². The first-order valence-corrected chi connectivity index (χ1v) is 8.89. The molecule has 142 valence electrons. The van der Waals surface area contributed by atoms with Crippen LogP contribution < -0.4 is 4.74 Å². The fourth-order valence-electron chi connectivity index (χ4n) is 2.98. The van der Waals surface area contributed by atoms with Crippen LogP contribution in [0, 0.1) is 0 Å². The van der Waals surface area contributed by atoms with Crippen LogP contribution in [0.4, 0.5) is 0 Å². The third kappa shape index (κ3) is 5.75. The lowest BCUT2D eigenvalue weighted by Crippen LogP contribution is -2.48. The van der Waals surface area contributed by atoms with E-state index in [2.05, 4.69) is 0 Å². The summed E-state index contributed by atoms with van der Waals surface area (Å²) in [5, 5.41) is 0. The van der Waals surface area contributed by atoms with Gasteiger partial charge in [0.05, 0.1) is 7.11 Å². The average Bonchev–Trinajstić information content (AvgIpc) is 2.67. The van der Waals surface area contributed by atoms with Crippen molar-refractivity contribution in [2.45, 2.75) is 19.8 Å². The van der Waals surface area contributed by atoms with Crippen LogP contribution >= 0.6 is 0 Å². The first-order chi connectivity index (χ1) is 12.5. The normalized spacial score (nSPS) is 14.1. The molecule has 1 saturated heterocycles. The molecule has 26 heavy (non-hydrogen) atoms. The van der Waals surface area contributed by atoms with E-state index >= 15 is 0 Å². The maximum atomic E-state index is 12.3. The summed E-state index contributed by atoms with van der Waals surface area (Å²) in [6.07, 6.45) is 1.83. The Labute approximate surface area is 154 Å². The molecule has 0 saturated carbocycles. The van der Waals surface area contributed by atoms with Gasteiger partial charge in [0.2, 0.25) is 18.2 Å². The van der Waals surface area contributed by atoms with Gasteiger partial charge >= 0.3 is 0 Å². The second kappa shape index (κ2) is 9.79. The van der Waals surface area contributed by atoms with Gasteiger partial charge in [0.1, 0.15) is 5.75 Å². The van der Waals surface area contributed by atoms with Crippen molar-refractivity contribution < 1.29 is 19.1 Å². The molecule has 7 heteroatoms.